The van der Waals surface area contributed by atoms with Gasteiger partial charge in [-0.15, -0.1) is 0 Å². The van der Waals surface area contributed by atoms with Crippen LogP contribution in [0, 0.1) is 11.8 Å². The van der Waals surface area contributed by atoms with E-state index in [0.717, 1.165) is 50.6 Å². The molecule has 0 aromatic heterocycles. The molecule has 0 fully saturated rings. The molecule has 0 rings (SSSR count). The maximum atomic E-state index is 9.78. The van der Waals surface area contributed by atoms with Crippen LogP contribution in [-0.4, -0.2) is 48.3 Å². The molecule has 3 heteroatoms. The second-order valence-corrected chi connectivity index (χ2v) is 7.37. The fourth-order valence-electron chi connectivity index (χ4n) is 2.96. The summed E-state index contributed by atoms with van der Waals surface area (Å²) in [4.78, 5) is 2.59. The molecule has 0 aromatic carbocycles. The molecule has 0 radical (unpaired) electrons. The van der Waals surface area contributed by atoms with Crippen molar-refractivity contribution in [1.29, 1.82) is 0 Å². The van der Waals surface area contributed by atoms with Gasteiger partial charge in [-0.2, -0.15) is 0 Å². The third-order valence-electron chi connectivity index (χ3n) is 4.11. The Balaban J connectivity index is 4.35. The van der Waals surface area contributed by atoms with Crippen molar-refractivity contribution in [1.82, 2.24) is 10.2 Å². The molecule has 21 heavy (non-hydrogen) atoms. The van der Waals surface area contributed by atoms with Crippen LogP contribution in [0.1, 0.15) is 67.2 Å². The van der Waals surface area contributed by atoms with Crippen LogP contribution in [-0.2, 0) is 0 Å². The SMILES string of the molecule is CCCNC(CC)(CO)CCCN(CC(C)C)CC(C)C. The molecule has 0 aliphatic heterocycles. The van der Waals surface area contributed by atoms with Gasteiger partial charge in [0, 0.05) is 18.6 Å². The van der Waals surface area contributed by atoms with Gasteiger partial charge in [-0.25, -0.2) is 0 Å². The first-order valence-corrected chi connectivity index (χ1v) is 8.97. The summed E-state index contributed by atoms with van der Waals surface area (Å²) in [7, 11) is 0. The van der Waals surface area contributed by atoms with Crippen molar-refractivity contribution in [2.24, 2.45) is 11.8 Å². The average molecular weight is 301 g/mol. The largest absolute Gasteiger partial charge is 0.394 e. The lowest BCUT2D eigenvalue weighted by Gasteiger charge is -2.34. The molecule has 0 aliphatic rings. The van der Waals surface area contributed by atoms with Crippen molar-refractivity contribution >= 4 is 0 Å². The van der Waals surface area contributed by atoms with Gasteiger partial charge in [-0.3, -0.25) is 0 Å². The summed E-state index contributed by atoms with van der Waals surface area (Å²) in [6.07, 6.45) is 4.34. The zero-order chi connectivity index (χ0) is 16.3. The van der Waals surface area contributed by atoms with Crippen LogP contribution in [0.2, 0.25) is 0 Å². The number of hydrogen-bond acceptors (Lipinski definition) is 3. The summed E-state index contributed by atoms with van der Waals surface area (Å²) in [5.74, 6) is 1.44. The van der Waals surface area contributed by atoms with E-state index in [1.807, 2.05) is 0 Å². The van der Waals surface area contributed by atoms with Gasteiger partial charge in [0.25, 0.3) is 0 Å². The van der Waals surface area contributed by atoms with Crippen molar-refractivity contribution in [3.05, 3.63) is 0 Å². The van der Waals surface area contributed by atoms with Gasteiger partial charge in [0.1, 0.15) is 0 Å². The third kappa shape index (κ3) is 9.49. The highest BCUT2D eigenvalue weighted by Crippen LogP contribution is 2.18. The van der Waals surface area contributed by atoms with E-state index in [4.69, 9.17) is 0 Å². The molecular formula is C18H40N2O. The molecule has 0 saturated carbocycles. The highest BCUT2D eigenvalue weighted by atomic mass is 16.3. The molecular weight excluding hydrogens is 260 g/mol. The van der Waals surface area contributed by atoms with Crippen LogP contribution >= 0.6 is 0 Å². The highest BCUT2D eigenvalue weighted by molar-refractivity contribution is 4.86. The number of aliphatic hydroxyl groups is 1. The molecule has 0 aliphatic carbocycles. The Bertz CT molecular complexity index is 227. The van der Waals surface area contributed by atoms with Gasteiger partial charge >= 0.3 is 0 Å². The first-order chi connectivity index (χ1) is 9.89. The van der Waals surface area contributed by atoms with E-state index < -0.39 is 0 Å². The Hall–Kier alpha value is -0.120. The minimum atomic E-state index is -0.0721. The molecule has 0 heterocycles. The maximum absolute atomic E-state index is 9.78. The Morgan fingerprint density at radius 2 is 1.62 bits per heavy atom. The van der Waals surface area contributed by atoms with Crippen molar-refractivity contribution in [2.45, 2.75) is 72.8 Å². The van der Waals surface area contributed by atoms with Gasteiger partial charge < -0.3 is 15.3 Å². The monoisotopic (exact) mass is 300 g/mol. The van der Waals surface area contributed by atoms with Gasteiger partial charge in [0.05, 0.1) is 6.61 Å². The van der Waals surface area contributed by atoms with E-state index in [0.29, 0.717) is 0 Å². The minimum Gasteiger partial charge on any atom is -0.394 e. The van der Waals surface area contributed by atoms with Crippen LogP contribution in [0.15, 0.2) is 0 Å². The van der Waals surface area contributed by atoms with E-state index in [-0.39, 0.29) is 12.1 Å². The topological polar surface area (TPSA) is 35.5 Å². The lowest BCUT2D eigenvalue weighted by atomic mass is 9.90. The van der Waals surface area contributed by atoms with Crippen molar-refractivity contribution in [3.63, 3.8) is 0 Å². The van der Waals surface area contributed by atoms with Crippen molar-refractivity contribution in [3.8, 4) is 0 Å². The zero-order valence-corrected chi connectivity index (χ0v) is 15.4. The fourth-order valence-corrected chi connectivity index (χ4v) is 2.96. The summed E-state index contributed by atoms with van der Waals surface area (Å²) >= 11 is 0. The van der Waals surface area contributed by atoms with E-state index in [9.17, 15) is 5.11 Å². The Morgan fingerprint density at radius 1 is 1.05 bits per heavy atom. The van der Waals surface area contributed by atoms with Crippen molar-refractivity contribution in [2.75, 3.05) is 32.8 Å². The summed E-state index contributed by atoms with van der Waals surface area (Å²) in [5.41, 5.74) is -0.0721. The molecule has 128 valence electrons. The van der Waals surface area contributed by atoms with E-state index >= 15 is 0 Å². The Kier molecular flexibility index (Phi) is 11.4. The maximum Gasteiger partial charge on any atom is 0.0613 e. The highest BCUT2D eigenvalue weighted by Gasteiger charge is 2.26. The average Bonchev–Trinajstić information content (AvgIpc) is 2.41. The van der Waals surface area contributed by atoms with Crippen molar-refractivity contribution < 1.29 is 5.11 Å². The van der Waals surface area contributed by atoms with Gasteiger partial charge in [0.15, 0.2) is 0 Å². The van der Waals surface area contributed by atoms with E-state index in [1.54, 1.807) is 0 Å². The molecule has 0 amide bonds. The number of rotatable bonds is 13. The predicted octanol–water partition coefficient (Wildman–Crippen LogP) is 3.52. The molecule has 0 saturated heterocycles. The molecule has 2 N–H and O–H groups in total. The summed E-state index contributed by atoms with van der Waals surface area (Å²) in [6, 6.07) is 0. The smallest absolute Gasteiger partial charge is 0.0613 e. The lowest BCUT2D eigenvalue weighted by molar-refractivity contribution is 0.135. The summed E-state index contributed by atoms with van der Waals surface area (Å²) in [6.45, 7) is 18.3. The predicted molar refractivity (Wildman–Crippen MR) is 93.8 cm³/mol. The molecule has 0 spiro atoms. The number of aliphatic hydroxyl groups excluding tert-OH is 1. The fraction of sp³-hybridized carbons (Fsp3) is 1.00. The van der Waals surface area contributed by atoms with Gasteiger partial charge in [-0.1, -0.05) is 41.5 Å². The standard InChI is InChI=1S/C18H40N2O/c1-7-11-19-18(8-2,15-21)10-9-12-20(13-16(3)4)14-17(5)6/h16-17,19,21H,7-15H2,1-6H3. The van der Waals surface area contributed by atoms with Crippen LogP contribution in [0.25, 0.3) is 0 Å². The molecule has 1 unspecified atom stereocenters. The first-order valence-electron chi connectivity index (χ1n) is 8.97. The van der Waals surface area contributed by atoms with Crippen LogP contribution in [0.4, 0.5) is 0 Å². The number of nitrogens with one attached hydrogen (secondary N) is 1. The minimum absolute atomic E-state index is 0.0721. The lowest BCUT2D eigenvalue weighted by Crippen LogP contribution is -2.49. The van der Waals surface area contributed by atoms with Gasteiger partial charge in [-0.05, 0) is 50.6 Å². The summed E-state index contributed by atoms with van der Waals surface area (Å²) < 4.78 is 0. The number of nitrogens with zero attached hydrogens (tertiary/aromatic N) is 1. The Labute approximate surface area is 133 Å². The van der Waals surface area contributed by atoms with E-state index in [1.165, 1.54) is 13.1 Å². The van der Waals surface area contributed by atoms with Crippen LogP contribution < -0.4 is 5.32 Å². The zero-order valence-electron chi connectivity index (χ0n) is 15.4. The van der Waals surface area contributed by atoms with Gasteiger partial charge in [0.2, 0.25) is 0 Å². The third-order valence-corrected chi connectivity index (χ3v) is 4.11. The summed E-state index contributed by atoms with van der Waals surface area (Å²) in [5, 5.41) is 13.4. The quantitative estimate of drug-likeness (QED) is 0.546. The van der Waals surface area contributed by atoms with E-state index in [2.05, 4.69) is 51.8 Å². The normalized spacial score (nSPS) is 15.1. The molecule has 3 nitrogen and oxygen atoms in total. The molecule has 0 bridgehead atoms. The second kappa shape index (κ2) is 11.4. The first kappa shape index (κ1) is 20.9. The molecule has 0 aromatic rings. The number of hydrogen-bond donors (Lipinski definition) is 2. The second-order valence-electron chi connectivity index (χ2n) is 7.37. The Morgan fingerprint density at radius 3 is 2.00 bits per heavy atom. The van der Waals surface area contributed by atoms with Crippen LogP contribution in [0.3, 0.4) is 0 Å². The van der Waals surface area contributed by atoms with Crippen LogP contribution in [0.5, 0.6) is 0 Å². The molecule has 1 atom stereocenters.